The molecule has 2 fully saturated rings. The largest absolute Gasteiger partial charge is 0.469 e. The summed E-state index contributed by atoms with van der Waals surface area (Å²) in [5, 5.41) is 0. The van der Waals surface area contributed by atoms with Crippen LogP contribution in [-0.4, -0.2) is 31.3 Å². The van der Waals surface area contributed by atoms with Crippen LogP contribution in [0.15, 0.2) is 0 Å². The van der Waals surface area contributed by atoms with Crippen molar-refractivity contribution in [3.63, 3.8) is 0 Å². The van der Waals surface area contributed by atoms with Gasteiger partial charge in [-0.05, 0) is 25.2 Å². The van der Waals surface area contributed by atoms with Crippen molar-refractivity contribution in [2.24, 2.45) is 11.7 Å². The van der Waals surface area contributed by atoms with Crippen LogP contribution in [0.3, 0.4) is 0 Å². The molecule has 0 spiro atoms. The molecule has 0 unspecified atom stereocenters. The Morgan fingerprint density at radius 3 is 2.69 bits per heavy atom. The fourth-order valence-electron chi connectivity index (χ4n) is 2.43. The van der Waals surface area contributed by atoms with E-state index in [2.05, 4.69) is 4.74 Å². The molecular formula is C12H21NO3. The van der Waals surface area contributed by atoms with Gasteiger partial charge in [0.05, 0.1) is 25.7 Å². The molecule has 0 aromatic heterocycles. The van der Waals surface area contributed by atoms with Crippen LogP contribution in [0.4, 0.5) is 0 Å². The number of ether oxygens (including phenoxy) is 2. The molecule has 0 amide bonds. The lowest BCUT2D eigenvalue weighted by Gasteiger charge is -2.33. The van der Waals surface area contributed by atoms with Crippen LogP contribution in [-0.2, 0) is 14.3 Å². The Kier molecular flexibility index (Phi) is 3.82. The van der Waals surface area contributed by atoms with E-state index in [1.165, 1.54) is 20.0 Å². The maximum absolute atomic E-state index is 11.2. The zero-order valence-electron chi connectivity index (χ0n) is 9.85. The molecule has 16 heavy (non-hydrogen) atoms. The van der Waals surface area contributed by atoms with Gasteiger partial charge in [0, 0.05) is 6.04 Å². The third kappa shape index (κ3) is 3.46. The fraction of sp³-hybridized carbons (Fsp3) is 0.917. The molecule has 4 heteroatoms. The number of nitrogens with two attached hydrogens (primary N) is 1. The molecule has 1 saturated heterocycles. The molecular weight excluding hydrogens is 206 g/mol. The summed E-state index contributed by atoms with van der Waals surface area (Å²) in [5.41, 5.74) is 6.00. The molecule has 1 aliphatic carbocycles. The van der Waals surface area contributed by atoms with Crippen molar-refractivity contribution in [3.05, 3.63) is 0 Å². The standard InChI is InChI=1S/C12H21NO3/c1-15-12(14)7-11-6-9(13)5-10(16-11)4-8-2-3-8/h8-11H,2-7,13H2,1H3/t9-,10-,11-/m0/s1. The lowest BCUT2D eigenvalue weighted by molar-refractivity contribution is -0.147. The highest BCUT2D eigenvalue weighted by atomic mass is 16.5. The second-order valence-corrected chi connectivity index (χ2v) is 5.07. The smallest absolute Gasteiger partial charge is 0.308 e. The first-order valence-electron chi connectivity index (χ1n) is 6.15. The Hall–Kier alpha value is -0.610. The second-order valence-electron chi connectivity index (χ2n) is 5.07. The summed E-state index contributed by atoms with van der Waals surface area (Å²) >= 11 is 0. The van der Waals surface area contributed by atoms with Crippen LogP contribution in [0.5, 0.6) is 0 Å². The van der Waals surface area contributed by atoms with E-state index in [0.717, 1.165) is 25.2 Å². The zero-order valence-corrected chi connectivity index (χ0v) is 9.85. The fourth-order valence-corrected chi connectivity index (χ4v) is 2.43. The second kappa shape index (κ2) is 5.15. The normalized spacial score (nSPS) is 34.8. The van der Waals surface area contributed by atoms with Crippen LogP contribution in [0.1, 0.15) is 38.5 Å². The van der Waals surface area contributed by atoms with Crippen molar-refractivity contribution < 1.29 is 14.3 Å². The molecule has 2 N–H and O–H groups in total. The van der Waals surface area contributed by atoms with E-state index >= 15 is 0 Å². The van der Waals surface area contributed by atoms with Crippen LogP contribution >= 0.6 is 0 Å². The third-order valence-electron chi connectivity index (χ3n) is 3.43. The van der Waals surface area contributed by atoms with E-state index in [4.69, 9.17) is 10.5 Å². The Bertz CT molecular complexity index is 251. The lowest BCUT2D eigenvalue weighted by Crippen LogP contribution is -2.41. The summed E-state index contributed by atoms with van der Waals surface area (Å²) in [6.45, 7) is 0. The van der Waals surface area contributed by atoms with Crippen molar-refractivity contribution in [3.8, 4) is 0 Å². The van der Waals surface area contributed by atoms with E-state index in [9.17, 15) is 4.79 Å². The maximum Gasteiger partial charge on any atom is 0.308 e. The summed E-state index contributed by atoms with van der Waals surface area (Å²) in [5.74, 6) is 0.637. The molecule has 1 aliphatic heterocycles. The van der Waals surface area contributed by atoms with E-state index in [-0.39, 0.29) is 24.2 Å². The number of carbonyl (C=O) groups is 1. The molecule has 92 valence electrons. The SMILES string of the molecule is COC(=O)C[C@@H]1C[C@@H](N)C[C@H](CC2CC2)O1. The minimum Gasteiger partial charge on any atom is -0.469 e. The first kappa shape index (κ1) is 11.9. The average molecular weight is 227 g/mol. The molecule has 1 heterocycles. The number of methoxy groups -OCH3 is 1. The van der Waals surface area contributed by atoms with Gasteiger partial charge >= 0.3 is 5.97 Å². The maximum atomic E-state index is 11.2. The predicted octanol–water partition coefficient (Wildman–Crippen LogP) is 1.22. The highest BCUT2D eigenvalue weighted by Gasteiger charge is 2.33. The van der Waals surface area contributed by atoms with Crippen LogP contribution in [0.2, 0.25) is 0 Å². The summed E-state index contributed by atoms with van der Waals surface area (Å²) in [6.07, 6.45) is 6.04. The number of esters is 1. The first-order valence-corrected chi connectivity index (χ1v) is 6.15. The third-order valence-corrected chi connectivity index (χ3v) is 3.43. The van der Waals surface area contributed by atoms with Crippen LogP contribution in [0, 0.1) is 5.92 Å². The molecule has 2 aliphatic rings. The molecule has 0 bridgehead atoms. The van der Waals surface area contributed by atoms with E-state index in [1.807, 2.05) is 0 Å². The number of rotatable bonds is 4. The Morgan fingerprint density at radius 1 is 1.38 bits per heavy atom. The van der Waals surface area contributed by atoms with E-state index in [1.54, 1.807) is 0 Å². The summed E-state index contributed by atoms with van der Waals surface area (Å²) < 4.78 is 10.6. The molecule has 0 aromatic carbocycles. The predicted molar refractivity (Wildman–Crippen MR) is 59.8 cm³/mol. The first-order chi connectivity index (χ1) is 7.67. The monoisotopic (exact) mass is 227 g/mol. The summed E-state index contributed by atoms with van der Waals surface area (Å²) in [6, 6.07) is 0.173. The van der Waals surface area contributed by atoms with Gasteiger partial charge in [-0.25, -0.2) is 0 Å². The molecule has 2 rings (SSSR count). The Balaban J connectivity index is 1.80. The molecule has 3 atom stereocenters. The quantitative estimate of drug-likeness (QED) is 0.734. The molecule has 4 nitrogen and oxygen atoms in total. The average Bonchev–Trinajstić information content (AvgIpc) is 3.00. The van der Waals surface area contributed by atoms with Crippen molar-refractivity contribution >= 4 is 5.97 Å². The van der Waals surface area contributed by atoms with E-state index in [0.29, 0.717) is 6.42 Å². The lowest BCUT2D eigenvalue weighted by atomic mass is 9.95. The zero-order chi connectivity index (χ0) is 11.5. The van der Waals surface area contributed by atoms with Crippen LogP contribution in [0.25, 0.3) is 0 Å². The molecule has 0 radical (unpaired) electrons. The summed E-state index contributed by atoms with van der Waals surface area (Å²) in [7, 11) is 1.41. The minimum atomic E-state index is -0.204. The van der Waals surface area contributed by atoms with Crippen molar-refractivity contribution in [1.29, 1.82) is 0 Å². The number of carbonyl (C=O) groups excluding carboxylic acids is 1. The molecule has 0 aromatic rings. The Labute approximate surface area is 96.5 Å². The van der Waals surface area contributed by atoms with Gasteiger partial charge in [-0.2, -0.15) is 0 Å². The van der Waals surface area contributed by atoms with Crippen LogP contribution < -0.4 is 5.73 Å². The van der Waals surface area contributed by atoms with Gasteiger partial charge in [0.1, 0.15) is 0 Å². The van der Waals surface area contributed by atoms with Crippen molar-refractivity contribution in [1.82, 2.24) is 0 Å². The van der Waals surface area contributed by atoms with E-state index < -0.39 is 0 Å². The summed E-state index contributed by atoms with van der Waals surface area (Å²) in [4.78, 5) is 11.2. The van der Waals surface area contributed by atoms with Gasteiger partial charge in [-0.15, -0.1) is 0 Å². The number of hydrogen-bond donors (Lipinski definition) is 1. The highest BCUT2D eigenvalue weighted by Crippen LogP contribution is 2.37. The molecule has 1 saturated carbocycles. The number of hydrogen-bond acceptors (Lipinski definition) is 4. The highest BCUT2D eigenvalue weighted by molar-refractivity contribution is 5.69. The van der Waals surface area contributed by atoms with Crippen molar-refractivity contribution in [2.75, 3.05) is 7.11 Å². The van der Waals surface area contributed by atoms with Gasteiger partial charge in [0.15, 0.2) is 0 Å². The Morgan fingerprint density at radius 2 is 2.06 bits per heavy atom. The van der Waals surface area contributed by atoms with Gasteiger partial charge < -0.3 is 15.2 Å². The van der Waals surface area contributed by atoms with Gasteiger partial charge in [0.25, 0.3) is 0 Å². The van der Waals surface area contributed by atoms with Gasteiger partial charge in [-0.1, -0.05) is 12.8 Å². The minimum absolute atomic E-state index is 0.0417. The van der Waals surface area contributed by atoms with Gasteiger partial charge in [-0.3, -0.25) is 4.79 Å². The topological polar surface area (TPSA) is 61.5 Å². The van der Waals surface area contributed by atoms with Gasteiger partial charge in [0.2, 0.25) is 0 Å². The van der Waals surface area contributed by atoms with Crippen molar-refractivity contribution in [2.45, 2.75) is 56.8 Å².